The van der Waals surface area contributed by atoms with Crippen LogP contribution >= 0.6 is 0 Å². The SMILES string of the molecule is CN.O=CCCCc1ccccc1O. The Balaban J connectivity index is 0.000000791. The number of para-hydroxylation sites is 1. The van der Waals surface area contributed by atoms with E-state index in [1.165, 1.54) is 7.05 Å². The number of nitrogens with two attached hydrogens (primary N) is 1. The van der Waals surface area contributed by atoms with Crippen LogP contribution in [0.25, 0.3) is 0 Å². The predicted molar refractivity (Wildman–Crippen MR) is 57.2 cm³/mol. The molecule has 0 bridgehead atoms. The summed E-state index contributed by atoms with van der Waals surface area (Å²) in [6, 6.07) is 7.21. The van der Waals surface area contributed by atoms with E-state index in [2.05, 4.69) is 5.73 Å². The van der Waals surface area contributed by atoms with E-state index >= 15 is 0 Å². The molecule has 0 aliphatic rings. The molecular formula is C11H17NO2. The van der Waals surface area contributed by atoms with Crippen LogP contribution in [0.4, 0.5) is 0 Å². The van der Waals surface area contributed by atoms with Gasteiger partial charge in [0.2, 0.25) is 0 Å². The second-order valence-electron chi connectivity index (χ2n) is 2.69. The fraction of sp³-hybridized carbons (Fsp3) is 0.364. The molecule has 0 saturated carbocycles. The van der Waals surface area contributed by atoms with E-state index in [1.807, 2.05) is 12.1 Å². The highest BCUT2D eigenvalue weighted by Gasteiger charge is 1.97. The van der Waals surface area contributed by atoms with Gasteiger partial charge in [-0.2, -0.15) is 0 Å². The molecule has 0 radical (unpaired) electrons. The van der Waals surface area contributed by atoms with Crippen molar-refractivity contribution in [2.75, 3.05) is 7.05 Å². The molecule has 78 valence electrons. The zero-order chi connectivity index (χ0) is 10.8. The van der Waals surface area contributed by atoms with Crippen LogP contribution in [0.2, 0.25) is 0 Å². The number of rotatable bonds is 4. The summed E-state index contributed by atoms with van der Waals surface area (Å²) in [6.45, 7) is 0. The van der Waals surface area contributed by atoms with Crippen LogP contribution in [-0.2, 0) is 11.2 Å². The quantitative estimate of drug-likeness (QED) is 0.565. The highest BCUT2D eigenvalue weighted by atomic mass is 16.3. The van der Waals surface area contributed by atoms with Crippen LogP contribution in [0.3, 0.4) is 0 Å². The Morgan fingerprint density at radius 2 is 2.00 bits per heavy atom. The Labute approximate surface area is 84.6 Å². The first-order valence-corrected chi connectivity index (χ1v) is 4.63. The van der Waals surface area contributed by atoms with Gasteiger partial charge in [-0.05, 0) is 31.5 Å². The van der Waals surface area contributed by atoms with Crippen molar-refractivity contribution in [2.24, 2.45) is 5.73 Å². The standard InChI is InChI=1S/C10H12O2.CH5N/c11-8-4-3-6-9-5-1-2-7-10(9)12;1-2/h1-2,5,7-8,12H,3-4,6H2;2H2,1H3. The van der Waals surface area contributed by atoms with E-state index in [0.29, 0.717) is 12.2 Å². The summed E-state index contributed by atoms with van der Waals surface area (Å²) in [4.78, 5) is 10.0. The molecule has 3 heteroatoms. The number of hydrogen-bond donors (Lipinski definition) is 2. The molecule has 1 aromatic carbocycles. The van der Waals surface area contributed by atoms with Gasteiger partial charge in [0.05, 0.1) is 0 Å². The van der Waals surface area contributed by atoms with Crippen molar-refractivity contribution >= 4 is 6.29 Å². The van der Waals surface area contributed by atoms with Gasteiger partial charge in [-0.1, -0.05) is 18.2 Å². The first-order chi connectivity index (χ1) is 6.84. The smallest absolute Gasteiger partial charge is 0.120 e. The van der Waals surface area contributed by atoms with Gasteiger partial charge in [-0.25, -0.2) is 0 Å². The molecule has 0 aliphatic carbocycles. The number of hydrogen-bond acceptors (Lipinski definition) is 3. The summed E-state index contributed by atoms with van der Waals surface area (Å²) < 4.78 is 0. The van der Waals surface area contributed by atoms with Crippen LogP contribution in [0, 0.1) is 0 Å². The molecular weight excluding hydrogens is 178 g/mol. The number of aryl methyl sites for hydroxylation is 1. The molecule has 0 aromatic heterocycles. The van der Waals surface area contributed by atoms with E-state index in [0.717, 1.165) is 24.7 Å². The lowest BCUT2D eigenvalue weighted by Gasteiger charge is -2.01. The molecule has 0 heterocycles. The summed E-state index contributed by atoms with van der Waals surface area (Å²) in [5.74, 6) is 0.323. The fourth-order valence-electron chi connectivity index (χ4n) is 1.10. The minimum absolute atomic E-state index is 0.323. The van der Waals surface area contributed by atoms with Crippen molar-refractivity contribution in [1.82, 2.24) is 0 Å². The van der Waals surface area contributed by atoms with E-state index < -0.39 is 0 Å². The third-order valence-electron chi connectivity index (χ3n) is 1.76. The number of phenolic OH excluding ortho intramolecular Hbond substituents is 1. The third-order valence-corrected chi connectivity index (χ3v) is 1.76. The van der Waals surface area contributed by atoms with Gasteiger partial charge in [0.1, 0.15) is 12.0 Å². The summed E-state index contributed by atoms with van der Waals surface area (Å²) in [5.41, 5.74) is 5.42. The summed E-state index contributed by atoms with van der Waals surface area (Å²) in [7, 11) is 1.50. The zero-order valence-electron chi connectivity index (χ0n) is 8.44. The molecule has 3 N–H and O–H groups in total. The highest BCUT2D eigenvalue weighted by molar-refractivity contribution is 5.49. The van der Waals surface area contributed by atoms with Crippen molar-refractivity contribution in [3.05, 3.63) is 29.8 Å². The number of carbonyl (C=O) groups excluding carboxylic acids is 1. The van der Waals surface area contributed by atoms with Crippen LogP contribution < -0.4 is 5.73 Å². The molecule has 1 aromatic rings. The lowest BCUT2D eigenvalue weighted by atomic mass is 10.1. The number of phenols is 1. The second-order valence-corrected chi connectivity index (χ2v) is 2.69. The number of unbranched alkanes of at least 4 members (excludes halogenated alkanes) is 1. The zero-order valence-corrected chi connectivity index (χ0v) is 8.44. The Morgan fingerprint density at radius 3 is 2.57 bits per heavy atom. The summed E-state index contributed by atoms with van der Waals surface area (Å²) in [6.07, 6.45) is 3.04. The molecule has 0 atom stereocenters. The number of aromatic hydroxyl groups is 1. The summed E-state index contributed by atoms with van der Waals surface area (Å²) in [5, 5.41) is 9.32. The van der Waals surface area contributed by atoms with Gasteiger partial charge in [-0.3, -0.25) is 0 Å². The average molecular weight is 195 g/mol. The van der Waals surface area contributed by atoms with E-state index in [9.17, 15) is 9.90 Å². The van der Waals surface area contributed by atoms with E-state index in [-0.39, 0.29) is 0 Å². The number of aldehydes is 1. The number of carbonyl (C=O) groups is 1. The van der Waals surface area contributed by atoms with E-state index in [1.54, 1.807) is 12.1 Å². The van der Waals surface area contributed by atoms with Crippen molar-refractivity contribution in [3.8, 4) is 5.75 Å². The first-order valence-electron chi connectivity index (χ1n) is 4.63. The van der Waals surface area contributed by atoms with Crippen LogP contribution in [0.1, 0.15) is 18.4 Å². The highest BCUT2D eigenvalue weighted by Crippen LogP contribution is 2.17. The predicted octanol–water partition coefficient (Wildman–Crippen LogP) is 1.49. The third kappa shape index (κ3) is 4.62. The number of benzene rings is 1. The minimum Gasteiger partial charge on any atom is -0.508 e. The van der Waals surface area contributed by atoms with Crippen LogP contribution in [-0.4, -0.2) is 18.4 Å². The van der Waals surface area contributed by atoms with Crippen molar-refractivity contribution in [2.45, 2.75) is 19.3 Å². The maximum Gasteiger partial charge on any atom is 0.120 e. The molecule has 1 rings (SSSR count). The average Bonchev–Trinajstić information content (AvgIpc) is 2.24. The fourth-order valence-corrected chi connectivity index (χ4v) is 1.10. The molecule has 0 fully saturated rings. The van der Waals surface area contributed by atoms with Gasteiger partial charge in [0.15, 0.2) is 0 Å². The van der Waals surface area contributed by atoms with Crippen molar-refractivity contribution in [1.29, 1.82) is 0 Å². The molecule has 0 amide bonds. The van der Waals surface area contributed by atoms with Crippen molar-refractivity contribution < 1.29 is 9.90 Å². The molecule has 0 unspecified atom stereocenters. The maximum absolute atomic E-state index is 10.0. The first kappa shape index (κ1) is 12.7. The monoisotopic (exact) mass is 195 g/mol. The molecule has 3 nitrogen and oxygen atoms in total. The van der Waals surface area contributed by atoms with E-state index in [4.69, 9.17) is 0 Å². The Morgan fingerprint density at radius 1 is 1.36 bits per heavy atom. The molecule has 0 aliphatic heterocycles. The second kappa shape index (κ2) is 8.26. The Bertz CT molecular complexity index is 261. The molecule has 0 saturated heterocycles. The minimum atomic E-state index is 0.323. The van der Waals surface area contributed by atoms with Gasteiger partial charge >= 0.3 is 0 Å². The van der Waals surface area contributed by atoms with Crippen LogP contribution in [0.5, 0.6) is 5.75 Å². The van der Waals surface area contributed by atoms with Gasteiger partial charge in [0, 0.05) is 6.42 Å². The largest absolute Gasteiger partial charge is 0.508 e. The Kier molecular flexibility index (Phi) is 7.46. The maximum atomic E-state index is 10.0. The lowest BCUT2D eigenvalue weighted by Crippen LogP contribution is -1.86. The van der Waals surface area contributed by atoms with Gasteiger partial charge in [0.25, 0.3) is 0 Å². The Hall–Kier alpha value is -1.35. The topological polar surface area (TPSA) is 63.3 Å². The van der Waals surface area contributed by atoms with Crippen LogP contribution in [0.15, 0.2) is 24.3 Å². The van der Waals surface area contributed by atoms with Gasteiger partial charge in [-0.15, -0.1) is 0 Å². The molecule has 0 spiro atoms. The van der Waals surface area contributed by atoms with Gasteiger partial charge < -0.3 is 15.6 Å². The molecule has 14 heavy (non-hydrogen) atoms. The van der Waals surface area contributed by atoms with Crippen molar-refractivity contribution in [3.63, 3.8) is 0 Å². The normalized spacial score (nSPS) is 8.71. The lowest BCUT2D eigenvalue weighted by molar-refractivity contribution is -0.107. The summed E-state index contributed by atoms with van der Waals surface area (Å²) >= 11 is 0.